The van der Waals surface area contributed by atoms with E-state index in [4.69, 9.17) is 0 Å². The van der Waals surface area contributed by atoms with Gasteiger partial charge in [0.15, 0.2) is 0 Å². The maximum absolute atomic E-state index is 11.9. The van der Waals surface area contributed by atoms with Crippen LogP contribution >= 0.6 is 0 Å². The van der Waals surface area contributed by atoms with Crippen LogP contribution in [0.2, 0.25) is 11.8 Å². The number of allylic oxidation sites excluding steroid dienone is 2. The van der Waals surface area contributed by atoms with Crippen molar-refractivity contribution in [3.8, 4) is 0 Å². The molecule has 2 nitrogen and oxygen atoms in total. The molecule has 0 saturated heterocycles. The number of aryl methyl sites for hydroxylation is 2. The second-order valence-electron chi connectivity index (χ2n) is 11.5. The van der Waals surface area contributed by atoms with E-state index < -0.39 is 0 Å². The Morgan fingerprint density at radius 3 is 1.61 bits per heavy atom. The van der Waals surface area contributed by atoms with Gasteiger partial charge in [0, 0.05) is 22.3 Å². The molecule has 3 heteroatoms. The molecule has 0 atom stereocenters. The Balaban J connectivity index is 0.00000187. The molecule has 1 heterocycles. The van der Waals surface area contributed by atoms with E-state index in [-0.39, 0.29) is 0 Å². The Hall–Kier alpha value is -1.99. The summed E-state index contributed by atoms with van der Waals surface area (Å²) in [5, 5.41) is 0. The van der Waals surface area contributed by atoms with E-state index in [1.54, 1.807) is 19.1 Å². The van der Waals surface area contributed by atoms with E-state index in [0.29, 0.717) is 0 Å². The van der Waals surface area contributed by atoms with Crippen LogP contribution in [0.25, 0.3) is 16.9 Å². The van der Waals surface area contributed by atoms with Gasteiger partial charge in [-0.2, -0.15) is 0 Å². The summed E-state index contributed by atoms with van der Waals surface area (Å²) in [6.07, 6.45) is 19.0. The first kappa shape index (κ1) is 35.2. The molecule has 2 aromatic rings. The van der Waals surface area contributed by atoms with Gasteiger partial charge in [-0.1, -0.05) is 103 Å². The van der Waals surface area contributed by atoms with Crippen LogP contribution in [-0.4, -0.2) is 4.70 Å². The molecule has 0 N–H and O–H groups in total. The van der Waals surface area contributed by atoms with Crippen molar-refractivity contribution in [1.82, 2.24) is 0 Å². The SMILES string of the molecule is CCCCCCC1=C(c2ccc(CCCCC)cc2)[N+](=[N-])C(c2cccc(CCCC)c2)=C1CCCCC.[CH3][Ni][CH3]. The summed E-state index contributed by atoms with van der Waals surface area (Å²) in [4.78, 5) is 0. The van der Waals surface area contributed by atoms with Gasteiger partial charge in [-0.3, -0.25) is 0 Å². The van der Waals surface area contributed by atoms with Crippen LogP contribution in [-0.2, 0) is 27.3 Å². The molecular weight excluding hydrogens is 543 g/mol. The Morgan fingerprint density at radius 1 is 0.537 bits per heavy atom. The third-order valence-corrected chi connectivity index (χ3v) is 7.99. The quantitative estimate of drug-likeness (QED) is 0.0923. The zero-order chi connectivity index (χ0) is 29.9. The molecule has 2 aromatic carbocycles. The van der Waals surface area contributed by atoms with Gasteiger partial charge in [-0.05, 0) is 86.8 Å². The first-order valence-electron chi connectivity index (χ1n) is 16.4. The third-order valence-electron chi connectivity index (χ3n) is 7.99. The first-order chi connectivity index (χ1) is 20.1. The number of benzene rings is 2. The Kier molecular flexibility index (Phi) is 17.9. The van der Waals surface area contributed by atoms with Crippen molar-refractivity contribution in [2.45, 2.75) is 142 Å². The zero-order valence-corrected chi connectivity index (χ0v) is 28.1. The van der Waals surface area contributed by atoms with Crippen LogP contribution in [0.15, 0.2) is 59.7 Å². The molecule has 0 spiro atoms. The molecule has 1 aliphatic heterocycles. The van der Waals surface area contributed by atoms with Crippen LogP contribution < -0.4 is 0 Å². The van der Waals surface area contributed by atoms with Crippen LogP contribution in [0.1, 0.15) is 140 Å². The van der Waals surface area contributed by atoms with Gasteiger partial charge in [-0.25, -0.2) is 4.70 Å². The topological polar surface area (TPSA) is 25.3 Å². The van der Waals surface area contributed by atoms with Gasteiger partial charge < -0.3 is 5.53 Å². The predicted molar refractivity (Wildman–Crippen MR) is 177 cm³/mol. The van der Waals surface area contributed by atoms with Crippen molar-refractivity contribution in [2.75, 3.05) is 0 Å². The van der Waals surface area contributed by atoms with Crippen molar-refractivity contribution >= 4 is 11.4 Å². The van der Waals surface area contributed by atoms with Crippen LogP contribution in [0, 0.1) is 0 Å². The van der Waals surface area contributed by atoms with E-state index in [2.05, 4.69) is 88.0 Å². The minimum atomic E-state index is 1.02. The van der Waals surface area contributed by atoms with E-state index in [9.17, 15) is 5.53 Å². The molecule has 3 rings (SSSR count). The summed E-state index contributed by atoms with van der Waals surface area (Å²) >= 11 is 1.62. The number of nitrogens with zero attached hydrogens (tertiary/aromatic N) is 2. The number of unbranched alkanes of at least 4 members (excludes halogenated alkanes) is 8. The van der Waals surface area contributed by atoms with Gasteiger partial charge in [0.05, 0.1) is 0 Å². The van der Waals surface area contributed by atoms with Gasteiger partial charge in [0.25, 0.3) is 0 Å². The Morgan fingerprint density at radius 2 is 1.02 bits per heavy atom. The Labute approximate surface area is 259 Å². The van der Waals surface area contributed by atoms with E-state index >= 15 is 0 Å². The molecule has 230 valence electrons. The summed E-state index contributed by atoms with van der Waals surface area (Å²) in [6.45, 7) is 9.06. The van der Waals surface area contributed by atoms with Crippen molar-refractivity contribution < 1.29 is 19.1 Å². The normalized spacial score (nSPS) is 13.3. The van der Waals surface area contributed by atoms with Crippen LogP contribution in [0.3, 0.4) is 0 Å². The fourth-order valence-electron chi connectivity index (χ4n) is 5.73. The van der Waals surface area contributed by atoms with Crippen LogP contribution in [0.5, 0.6) is 0 Å². The maximum atomic E-state index is 11.9. The number of hydrogen-bond donors (Lipinski definition) is 0. The van der Waals surface area contributed by atoms with Crippen molar-refractivity contribution in [1.29, 1.82) is 0 Å². The first-order valence-corrected chi connectivity index (χ1v) is 18.4. The second kappa shape index (κ2) is 20.8. The molecule has 0 fully saturated rings. The molecule has 0 radical (unpaired) electrons. The van der Waals surface area contributed by atoms with Crippen molar-refractivity contribution in [3.05, 3.63) is 87.5 Å². The second-order valence-corrected chi connectivity index (χ2v) is 12.5. The molecular formula is C38H58N2Ni. The van der Waals surface area contributed by atoms with Crippen molar-refractivity contribution in [2.24, 2.45) is 0 Å². The number of rotatable bonds is 18. The summed E-state index contributed by atoms with van der Waals surface area (Å²) in [5.74, 6) is 4.12. The standard InChI is InChI=1S/C36H52N2.2CH3.Ni/c1-5-9-13-16-23-33-34(22-15-11-7-3)36(32-21-17-20-30(28-32)18-12-8-4)38(37)35(33)31-26-24-29(25-27-31)19-14-10-6-2;;;/h17,20-21,24-28H,5-16,18-19,22-23H2,1-4H3;2*1H3;. The fourth-order valence-corrected chi connectivity index (χ4v) is 5.73. The van der Waals surface area contributed by atoms with Crippen LogP contribution in [0.4, 0.5) is 0 Å². The van der Waals surface area contributed by atoms with Gasteiger partial charge >= 0.3 is 26.2 Å². The average Bonchev–Trinajstić information content (AvgIpc) is 3.26. The molecule has 1 aliphatic rings. The number of hydrogen-bond acceptors (Lipinski definition) is 0. The van der Waals surface area contributed by atoms with Gasteiger partial charge in [-0.15, -0.1) is 0 Å². The Bertz CT molecular complexity index is 1090. The monoisotopic (exact) mass is 600 g/mol. The van der Waals surface area contributed by atoms with E-state index in [1.165, 1.54) is 99.3 Å². The molecule has 0 saturated carbocycles. The third kappa shape index (κ3) is 11.3. The molecule has 41 heavy (non-hydrogen) atoms. The fraction of sp³-hybridized carbons (Fsp3) is 0.579. The van der Waals surface area contributed by atoms with E-state index in [0.717, 1.165) is 48.2 Å². The molecule has 0 aromatic heterocycles. The summed E-state index contributed by atoms with van der Waals surface area (Å²) < 4.78 is 1.56. The van der Waals surface area contributed by atoms with E-state index in [1.807, 2.05) is 0 Å². The minimum absolute atomic E-state index is 1.02. The molecule has 0 unspecified atom stereocenters. The molecule has 0 bridgehead atoms. The van der Waals surface area contributed by atoms with Crippen molar-refractivity contribution in [3.63, 3.8) is 0 Å². The average molecular weight is 602 g/mol. The molecule has 0 amide bonds. The zero-order valence-electron chi connectivity index (χ0n) is 27.1. The van der Waals surface area contributed by atoms with Gasteiger partial charge in [0.2, 0.25) is 11.4 Å². The summed E-state index contributed by atoms with van der Waals surface area (Å²) in [6, 6.07) is 18.0. The summed E-state index contributed by atoms with van der Waals surface area (Å²) in [7, 11) is 0. The van der Waals surface area contributed by atoms with Gasteiger partial charge in [0.1, 0.15) is 0 Å². The summed E-state index contributed by atoms with van der Waals surface area (Å²) in [5.41, 5.74) is 21.7. The molecule has 0 aliphatic carbocycles. The predicted octanol–water partition coefficient (Wildman–Crippen LogP) is 12.6.